The van der Waals surface area contributed by atoms with Gasteiger partial charge in [0, 0.05) is 34.9 Å². The average molecular weight is 534 g/mol. The Balaban J connectivity index is 0.000000537. The number of benzene rings is 2. The maximum Gasteiger partial charge on any atom is 0.673 e. The summed E-state index contributed by atoms with van der Waals surface area (Å²) in [6.07, 6.45) is 0. The fourth-order valence-corrected chi connectivity index (χ4v) is 3.49. The molecular formula is C20H19BBr2F4N2. The zero-order valence-corrected chi connectivity index (χ0v) is 19.2. The molecule has 0 spiro atoms. The Morgan fingerprint density at radius 3 is 1.31 bits per heavy atom. The molecule has 0 N–H and O–H groups in total. The van der Waals surface area contributed by atoms with E-state index < -0.39 is 7.25 Å². The topological polar surface area (TPSA) is 7.12 Å². The lowest BCUT2D eigenvalue weighted by Gasteiger charge is -2.21. The molecule has 0 saturated carbocycles. The van der Waals surface area contributed by atoms with Crippen LogP contribution in [0.5, 0.6) is 0 Å². The summed E-state index contributed by atoms with van der Waals surface area (Å²) in [6, 6.07) is 21.2. The van der Waals surface area contributed by atoms with Crippen LogP contribution in [0.4, 0.5) is 28.6 Å². The van der Waals surface area contributed by atoms with Gasteiger partial charge in [-0.25, -0.2) is 0 Å². The van der Waals surface area contributed by atoms with Gasteiger partial charge < -0.3 is 17.3 Å². The third-order valence-electron chi connectivity index (χ3n) is 3.88. The number of halogens is 6. The van der Waals surface area contributed by atoms with Crippen molar-refractivity contribution < 1.29 is 21.9 Å². The number of anilines is 2. The van der Waals surface area contributed by atoms with Gasteiger partial charge in [-0.15, -0.1) is 5.01 Å². The van der Waals surface area contributed by atoms with Crippen LogP contribution in [0.2, 0.25) is 0 Å². The molecule has 0 aliphatic carbocycles. The molecule has 2 aromatic carbocycles. The van der Waals surface area contributed by atoms with Crippen molar-refractivity contribution in [3.8, 4) is 0 Å². The first-order chi connectivity index (χ1) is 13.5. The molecule has 154 valence electrons. The van der Waals surface area contributed by atoms with E-state index in [4.69, 9.17) is 0 Å². The number of hydrogen-bond donors (Lipinski definition) is 0. The first-order valence-corrected chi connectivity index (χ1v) is 10.2. The van der Waals surface area contributed by atoms with Gasteiger partial charge in [0.05, 0.1) is 0 Å². The maximum atomic E-state index is 9.75. The molecule has 0 saturated heterocycles. The summed E-state index contributed by atoms with van der Waals surface area (Å²) >= 11 is 7.05. The number of hydrogen-bond acceptors (Lipinski definition) is 1. The van der Waals surface area contributed by atoms with Crippen LogP contribution in [0.1, 0.15) is 17.0 Å². The Hall–Kier alpha value is -1.87. The van der Waals surface area contributed by atoms with Crippen molar-refractivity contribution in [1.82, 2.24) is 0 Å². The predicted molar refractivity (Wildman–Crippen MR) is 117 cm³/mol. The lowest BCUT2D eigenvalue weighted by Crippen LogP contribution is -2.55. The molecular weight excluding hydrogens is 515 g/mol. The van der Waals surface area contributed by atoms with Crippen LogP contribution < -0.4 is 9.69 Å². The van der Waals surface area contributed by atoms with Gasteiger partial charge in [0.15, 0.2) is 0 Å². The van der Waals surface area contributed by atoms with Crippen molar-refractivity contribution in [3.63, 3.8) is 0 Å². The predicted octanol–water partition coefficient (Wildman–Crippen LogP) is 7.33. The van der Waals surface area contributed by atoms with Crippen LogP contribution in [-0.2, 0) is 0 Å². The molecule has 0 amide bonds. The first-order valence-electron chi connectivity index (χ1n) is 8.64. The van der Waals surface area contributed by atoms with Crippen molar-refractivity contribution in [2.45, 2.75) is 20.8 Å². The van der Waals surface area contributed by atoms with Gasteiger partial charge in [-0.3, -0.25) is 0 Å². The minimum atomic E-state index is -6.00. The average Bonchev–Trinajstić information content (AvgIpc) is 2.58. The molecule has 1 aromatic heterocycles. The Kier molecular flexibility index (Phi) is 7.88. The first kappa shape index (κ1) is 23.4. The van der Waals surface area contributed by atoms with E-state index in [2.05, 4.69) is 123 Å². The van der Waals surface area contributed by atoms with Gasteiger partial charge in [0.25, 0.3) is 0 Å². The molecule has 29 heavy (non-hydrogen) atoms. The summed E-state index contributed by atoms with van der Waals surface area (Å²) < 4.78 is 43.4. The number of aromatic nitrogens is 1. The fourth-order valence-electron chi connectivity index (χ4n) is 2.96. The molecule has 2 nitrogen and oxygen atoms in total. The largest absolute Gasteiger partial charge is 0.673 e. The number of pyridine rings is 1. The molecule has 0 atom stereocenters. The molecule has 0 unspecified atom stereocenters. The highest BCUT2D eigenvalue weighted by atomic mass is 79.9. The van der Waals surface area contributed by atoms with E-state index in [0.717, 1.165) is 20.3 Å². The molecule has 9 heteroatoms. The highest BCUT2D eigenvalue weighted by molar-refractivity contribution is 9.10. The minimum Gasteiger partial charge on any atom is -0.418 e. The summed E-state index contributed by atoms with van der Waals surface area (Å²) in [4.78, 5) is 0. The monoisotopic (exact) mass is 532 g/mol. The van der Waals surface area contributed by atoms with Gasteiger partial charge in [0.2, 0.25) is 11.4 Å². The number of rotatable bonds is 3. The molecule has 0 aliphatic rings. The van der Waals surface area contributed by atoms with E-state index in [1.807, 2.05) is 0 Å². The van der Waals surface area contributed by atoms with E-state index in [9.17, 15) is 17.3 Å². The normalized spacial score (nSPS) is 10.9. The lowest BCUT2D eigenvalue weighted by atomic mass is 10.2. The van der Waals surface area contributed by atoms with Crippen LogP contribution in [0.3, 0.4) is 0 Å². The Bertz CT molecular complexity index is 887. The standard InChI is InChI=1S/C20H19Br2N2.BF4/c1-14-12-15(2)23(16(3)13-14)24(19-8-4-17(21)5-9-19)20-10-6-18(22)7-11-20;2-1(3,4)5/h4-13H,1-3H3;/q+1;-1. The fraction of sp³-hybridized carbons (Fsp3) is 0.150. The molecule has 3 rings (SSSR count). The summed E-state index contributed by atoms with van der Waals surface area (Å²) in [7, 11) is -6.00. The molecule has 1 heterocycles. The number of aryl methyl sites for hydroxylation is 3. The Morgan fingerprint density at radius 2 is 1.00 bits per heavy atom. The van der Waals surface area contributed by atoms with Gasteiger partial charge in [-0.05, 0) is 61.0 Å². The molecule has 0 aliphatic heterocycles. The van der Waals surface area contributed by atoms with Crippen molar-refractivity contribution in [1.29, 1.82) is 0 Å². The van der Waals surface area contributed by atoms with Crippen LogP contribution >= 0.6 is 31.9 Å². The van der Waals surface area contributed by atoms with Crippen LogP contribution in [-0.4, -0.2) is 7.25 Å². The van der Waals surface area contributed by atoms with Crippen molar-refractivity contribution >= 4 is 50.5 Å². The van der Waals surface area contributed by atoms with E-state index in [0.29, 0.717) is 0 Å². The second-order valence-electron chi connectivity index (χ2n) is 6.39. The second kappa shape index (κ2) is 9.76. The van der Waals surface area contributed by atoms with E-state index in [1.165, 1.54) is 17.0 Å². The summed E-state index contributed by atoms with van der Waals surface area (Å²) in [5.41, 5.74) is 5.88. The van der Waals surface area contributed by atoms with E-state index >= 15 is 0 Å². The van der Waals surface area contributed by atoms with Crippen LogP contribution in [0.15, 0.2) is 69.6 Å². The van der Waals surface area contributed by atoms with Gasteiger partial charge in [-0.2, -0.15) is 0 Å². The summed E-state index contributed by atoms with van der Waals surface area (Å²) in [5.74, 6) is 0. The smallest absolute Gasteiger partial charge is 0.418 e. The maximum absolute atomic E-state index is 9.75. The van der Waals surface area contributed by atoms with Gasteiger partial charge in [0.1, 0.15) is 11.4 Å². The van der Waals surface area contributed by atoms with Gasteiger partial charge in [-0.1, -0.05) is 36.5 Å². The van der Waals surface area contributed by atoms with E-state index in [-0.39, 0.29) is 0 Å². The van der Waals surface area contributed by atoms with E-state index in [1.54, 1.807) is 0 Å². The zero-order valence-electron chi connectivity index (χ0n) is 16.0. The summed E-state index contributed by atoms with van der Waals surface area (Å²) in [6.45, 7) is 6.42. The SMILES string of the molecule is Cc1cc(C)[n+](N(c2ccc(Br)cc2)c2ccc(Br)cc2)c(C)c1.F[B-](F)(F)F. The van der Waals surface area contributed by atoms with Crippen molar-refractivity contribution in [2.24, 2.45) is 0 Å². The molecule has 0 bridgehead atoms. The third kappa shape index (κ3) is 7.15. The minimum absolute atomic E-state index is 1.07. The van der Waals surface area contributed by atoms with Crippen molar-refractivity contribution in [3.05, 3.63) is 86.6 Å². The third-order valence-corrected chi connectivity index (χ3v) is 4.94. The molecule has 3 aromatic rings. The Morgan fingerprint density at radius 1 is 0.690 bits per heavy atom. The van der Waals surface area contributed by atoms with Crippen molar-refractivity contribution in [2.75, 3.05) is 5.01 Å². The van der Waals surface area contributed by atoms with Crippen LogP contribution in [0.25, 0.3) is 0 Å². The summed E-state index contributed by atoms with van der Waals surface area (Å²) in [5, 5.41) is 2.24. The van der Waals surface area contributed by atoms with Gasteiger partial charge >= 0.3 is 7.25 Å². The highest BCUT2D eigenvalue weighted by Gasteiger charge is 2.24. The van der Waals surface area contributed by atoms with Crippen LogP contribution in [0, 0.1) is 20.8 Å². The second-order valence-corrected chi connectivity index (χ2v) is 8.22. The molecule has 0 fully saturated rings. The molecule has 0 radical (unpaired) electrons. The quantitative estimate of drug-likeness (QED) is 0.194. The Labute approximate surface area is 184 Å². The lowest BCUT2D eigenvalue weighted by molar-refractivity contribution is -0.687. The highest BCUT2D eigenvalue weighted by Crippen LogP contribution is 2.27. The number of nitrogens with zero attached hydrogens (tertiary/aromatic N) is 2. The zero-order chi connectivity index (χ0) is 21.8.